The molecular weight excluding hydrogens is 247 g/mol. The lowest BCUT2D eigenvalue weighted by Gasteiger charge is -2.15. The van der Waals surface area contributed by atoms with Gasteiger partial charge in [-0.25, -0.2) is 0 Å². The zero-order valence-electron chi connectivity index (χ0n) is 9.41. The molecule has 0 amide bonds. The summed E-state index contributed by atoms with van der Waals surface area (Å²) in [5.41, 5.74) is 0. The van der Waals surface area contributed by atoms with Gasteiger partial charge in [-0.15, -0.1) is 0 Å². The molecule has 2 nitrogen and oxygen atoms in total. The van der Waals surface area contributed by atoms with Crippen molar-refractivity contribution < 1.29 is 9.84 Å². The number of hydrogen-bond donors (Lipinski definition) is 1. The summed E-state index contributed by atoms with van der Waals surface area (Å²) in [6.45, 7) is 4.37. The summed E-state index contributed by atoms with van der Waals surface area (Å²) in [5, 5.41) is 10.7. The summed E-state index contributed by atoms with van der Waals surface area (Å²) in [6, 6.07) is 5.07. The lowest BCUT2D eigenvalue weighted by Crippen LogP contribution is -2.18. The average Bonchev–Trinajstić information content (AvgIpc) is 2.22. The number of aliphatic hydroxyl groups excluding tert-OH is 1. The molecule has 0 radical (unpaired) electrons. The first-order valence-corrected chi connectivity index (χ1v) is 6.02. The van der Waals surface area contributed by atoms with E-state index in [0.29, 0.717) is 28.8 Å². The van der Waals surface area contributed by atoms with E-state index in [0.717, 1.165) is 0 Å². The second kappa shape index (κ2) is 6.33. The molecule has 0 spiro atoms. The number of aliphatic hydroxyl groups is 1. The molecule has 0 aliphatic heterocycles. The summed E-state index contributed by atoms with van der Waals surface area (Å²) < 4.78 is 5.46. The van der Waals surface area contributed by atoms with Crippen molar-refractivity contribution in [1.82, 2.24) is 0 Å². The molecule has 0 aliphatic carbocycles. The van der Waals surface area contributed by atoms with Crippen LogP contribution in [0.1, 0.15) is 20.3 Å². The van der Waals surface area contributed by atoms with E-state index in [1.807, 2.05) is 13.8 Å². The molecule has 0 heterocycles. The van der Waals surface area contributed by atoms with Crippen LogP contribution in [0.3, 0.4) is 0 Å². The summed E-state index contributed by atoms with van der Waals surface area (Å²) in [4.78, 5) is 0. The van der Waals surface area contributed by atoms with Crippen molar-refractivity contribution >= 4 is 23.2 Å². The first-order valence-electron chi connectivity index (χ1n) is 5.26. The second-order valence-corrected chi connectivity index (χ2v) is 4.87. The number of benzene rings is 1. The highest BCUT2D eigenvalue weighted by atomic mass is 35.5. The second-order valence-electron chi connectivity index (χ2n) is 4.02. The highest BCUT2D eigenvalue weighted by Gasteiger charge is 2.09. The standard InChI is InChI=1S/C12H16Cl2O2/c1-8(2)11(15)5-6-16-12-7-9(13)3-4-10(12)14/h3-4,7-8,11,15H,5-6H2,1-2H3. The number of hydrogen-bond acceptors (Lipinski definition) is 2. The zero-order valence-corrected chi connectivity index (χ0v) is 10.9. The van der Waals surface area contributed by atoms with E-state index in [4.69, 9.17) is 27.9 Å². The highest BCUT2D eigenvalue weighted by Crippen LogP contribution is 2.27. The Labute approximate surface area is 106 Å². The summed E-state index contributed by atoms with van der Waals surface area (Å²) in [6.07, 6.45) is 0.235. The van der Waals surface area contributed by atoms with E-state index >= 15 is 0 Å². The van der Waals surface area contributed by atoms with Crippen molar-refractivity contribution in [2.24, 2.45) is 5.92 Å². The van der Waals surface area contributed by atoms with E-state index in [-0.39, 0.29) is 12.0 Å². The van der Waals surface area contributed by atoms with Crippen molar-refractivity contribution in [3.05, 3.63) is 28.2 Å². The third-order valence-electron chi connectivity index (χ3n) is 2.33. The van der Waals surface area contributed by atoms with Crippen molar-refractivity contribution in [2.45, 2.75) is 26.4 Å². The van der Waals surface area contributed by atoms with Crippen LogP contribution in [-0.4, -0.2) is 17.8 Å². The van der Waals surface area contributed by atoms with Gasteiger partial charge in [0.15, 0.2) is 0 Å². The Balaban J connectivity index is 2.45. The van der Waals surface area contributed by atoms with Gasteiger partial charge in [0.05, 0.1) is 17.7 Å². The molecule has 1 aromatic carbocycles. The molecule has 16 heavy (non-hydrogen) atoms. The zero-order chi connectivity index (χ0) is 12.1. The Morgan fingerprint density at radius 2 is 2.00 bits per heavy atom. The minimum Gasteiger partial charge on any atom is -0.492 e. The van der Waals surface area contributed by atoms with Crippen molar-refractivity contribution in [3.8, 4) is 5.75 Å². The Hall–Kier alpha value is -0.440. The molecule has 0 saturated carbocycles. The van der Waals surface area contributed by atoms with Gasteiger partial charge in [0.25, 0.3) is 0 Å². The molecule has 1 rings (SSSR count). The maximum Gasteiger partial charge on any atom is 0.139 e. The molecule has 1 unspecified atom stereocenters. The summed E-state index contributed by atoms with van der Waals surface area (Å²) >= 11 is 11.7. The van der Waals surface area contributed by atoms with Crippen LogP contribution in [0.25, 0.3) is 0 Å². The molecule has 1 atom stereocenters. The molecule has 0 aliphatic rings. The topological polar surface area (TPSA) is 29.5 Å². The van der Waals surface area contributed by atoms with Crippen LogP contribution in [-0.2, 0) is 0 Å². The average molecular weight is 263 g/mol. The normalized spacial score (nSPS) is 12.9. The molecule has 1 aromatic rings. The van der Waals surface area contributed by atoms with E-state index in [9.17, 15) is 5.11 Å². The van der Waals surface area contributed by atoms with Gasteiger partial charge in [0.1, 0.15) is 5.75 Å². The summed E-state index contributed by atoms with van der Waals surface area (Å²) in [5.74, 6) is 0.795. The lowest BCUT2D eigenvalue weighted by molar-refractivity contribution is 0.0976. The third-order valence-corrected chi connectivity index (χ3v) is 2.88. The Kier molecular flexibility index (Phi) is 5.39. The molecule has 4 heteroatoms. The van der Waals surface area contributed by atoms with Gasteiger partial charge in [-0.3, -0.25) is 0 Å². The van der Waals surface area contributed by atoms with Gasteiger partial charge >= 0.3 is 0 Å². The minimum atomic E-state index is -0.349. The highest BCUT2D eigenvalue weighted by molar-refractivity contribution is 6.34. The SMILES string of the molecule is CC(C)C(O)CCOc1cc(Cl)ccc1Cl. The smallest absolute Gasteiger partial charge is 0.139 e. The molecule has 1 N–H and O–H groups in total. The maximum absolute atomic E-state index is 9.59. The van der Waals surface area contributed by atoms with Crippen molar-refractivity contribution in [1.29, 1.82) is 0 Å². The maximum atomic E-state index is 9.59. The first-order chi connectivity index (χ1) is 7.50. The first kappa shape index (κ1) is 13.6. The van der Waals surface area contributed by atoms with Crippen LogP contribution < -0.4 is 4.74 Å². The van der Waals surface area contributed by atoms with Crippen LogP contribution in [0.4, 0.5) is 0 Å². The molecule has 0 saturated heterocycles. The van der Waals surface area contributed by atoms with Gasteiger partial charge < -0.3 is 9.84 Å². The molecule has 0 aromatic heterocycles. The fraction of sp³-hybridized carbons (Fsp3) is 0.500. The van der Waals surface area contributed by atoms with Crippen molar-refractivity contribution in [3.63, 3.8) is 0 Å². The summed E-state index contributed by atoms with van der Waals surface area (Å²) in [7, 11) is 0. The van der Waals surface area contributed by atoms with Crippen LogP contribution in [0.5, 0.6) is 5.75 Å². The van der Waals surface area contributed by atoms with Crippen molar-refractivity contribution in [2.75, 3.05) is 6.61 Å². The number of halogens is 2. The Morgan fingerprint density at radius 3 is 2.62 bits per heavy atom. The van der Waals surface area contributed by atoms with Crippen LogP contribution in [0.15, 0.2) is 18.2 Å². The Bertz CT molecular complexity index is 340. The van der Waals surface area contributed by atoms with Crippen LogP contribution in [0.2, 0.25) is 10.0 Å². The van der Waals surface area contributed by atoms with Gasteiger partial charge in [0, 0.05) is 17.5 Å². The van der Waals surface area contributed by atoms with Crippen LogP contribution in [0, 0.1) is 5.92 Å². The van der Waals surface area contributed by atoms with E-state index in [2.05, 4.69) is 0 Å². The fourth-order valence-electron chi connectivity index (χ4n) is 1.21. The lowest BCUT2D eigenvalue weighted by atomic mass is 10.1. The molecule has 0 bridgehead atoms. The fourth-order valence-corrected chi connectivity index (χ4v) is 1.54. The van der Waals surface area contributed by atoms with Gasteiger partial charge in [-0.1, -0.05) is 37.0 Å². The minimum absolute atomic E-state index is 0.235. The predicted molar refractivity (Wildman–Crippen MR) is 67.4 cm³/mol. The Morgan fingerprint density at radius 1 is 1.31 bits per heavy atom. The number of rotatable bonds is 5. The predicted octanol–water partition coefficient (Wildman–Crippen LogP) is 3.78. The van der Waals surface area contributed by atoms with Gasteiger partial charge in [-0.05, 0) is 18.1 Å². The van der Waals surface area contributed by atoms with Crippen LogP contribution >= 0.6 is 23.2 Å². The van der Waals surface area contributed by atoms with Gasteiger partial charge in [-0.2, -0.15) is 0 Å². The molecular formula is C12H16Cl2O2. The largest absolute Gasteiger partial charge is 0.492 e. The third kappa shape index (κ3) is 4.20. The van der Waals surface area contributed by atoms with E-state index < -0.39 is 0 Å². The van der Waals surface area contributed by atoms with Gasteiger partial charge in [0.2, 0.25) is 0 Å². The molecule has 0 fully saturated rings. The molecule has 90 valence electrons. The van der Waals surface area contributed by atoms with E-state index in [1.165, 1.54) is 0 Å². The van der Waals surface area contributed by atoms with E-state index in [1.54, 1.807) is 18.2 Å². The monoisotopic (exact) mass is 262 g/mol. The quantitative estimate of drug-likeness (QED) is 0.876. The number of ether oxygens (including phenoxy) is 1.